The molecule has 41 heavy (non-hydrogen) atoms. The van der Waals surface area contributed by atoms with Crippen molar-refractivity contribution >= 4 is 45.9 Å². The quantitative estimate of drug-likeness (QED) is 0.180. The van der Waals surface area contributed by atoms with Gasteiger partial charge in [0, 0.05) is 54.8 Å². The SMILES string of the molecule is CN(C)Oc1cc2cnc(Nc3ccc(NC(=O)C4(C(=O)Nc5ccc(F)cc5)CC4)cc3)nc2n1C1CCCC1. The molecule has 2 aromatic heterocycles. The molecule has 0 spiro atoms. The lowest BCUT2D eigenvalue weighted by molar-refractivity contribution is -0.131. The molecule has 0 aliphatic heterocycles. The third-order valence-electron chi connectivity index (χ3n) is 7.63. The molecule has 0 saturated heterocycles. The summed E-state index contributed by atoms with van der Waals surface area (Å²) in [6.07, 6.45) is 7.24. The summed E-state index contributed by atoms with van der Waals surface area (Å²) >= 11 is 0. The molecule has 0 radical (unpaired) electrons. The van der Waals surface area contributed by atoms with E-state index in [0.29, 0.717) is 36.2 Å². The van der Waals surface area contributed by atoms with Crippen LogP contribution in [0.2, 0.25) is 0 Å². The average Bonchev–Trinajstić information content (AvgIpc) is 3.46. The van der Waals surface area contributed by atoms with Gasteiger partial charge in [0.05, 0.1) is 0 Å². The van der Waals surface area contributed by atoms with Gasteiger partial charge in [0.25, 0.3) is 0 Å². The minimum atomic E-state index is -1.13. The number of amides is 2. The highest BCUT2D eigenvalue weighted by atomic mass is 19.1. The Balaban J connectivity index is 1.13. The molecule has 10 nitrogen and oxygen atoms in total. The second kappa shape index (κ2) is 10.8. The van der Waals surface area contributed by atoms with Crippen LogP contribution in [0, 0.1) is 11.2 Å². The van der Waals surface area contributed by atoms with Crippen molar-refractivity contribution in [2.24, 2.45) is 5.41 Å². The third kappa shape index (κ3) is 5.58. The highest BCUT2D eigenvalue weighted by Gasteiger charge is 2.56. The zero-order valence-electron chi connectivity index (χ0n) is 23.0. The molecular weight excluding hydrogens is 525 g/mol. The Morgan fingerprint density at radius 1 is 0.951 bits per heavy atom. The van der Waals surface area contributed by atoms with E-state index < -0.39 is 17.1 Å². The van der Waals surface area contributed by atoms with Crippen LogP contribution in [-0.2, 0) is 9.59 Å². The van der Waals surface area contributed by atoms with Gasteiger partial charge in [-0.15, -0.1) is 5.06 Å². The number of hydrogen-bond acceptors (Lipinski definition) is 7. The summed E-state index contributed by atoms with van der Waals surface area (Å²) in [5.74, 6) is 0.0546. The minimum absolute atomic E-state index is 0.334. The van der Waals surface area contributed by atoms with Crippen LogP contribution in [0.3, 0.4) is 0 Å². The summed E-state index contributed by atoms with van der Waals surface area (Å²) in [6, 6.07) is 14.9. The Labute approximate surface area is 236 Å². The van der Waals surface area contributed by atoms with Crippen LogP contribution in [0.4, 0.5) is 27.4 Å². The summed E-state index contributed by atoms with van der Waals surface area (Å²) in [5, 5.41) is 11.4. The van der Waals surface area contributed by atoms with Gasteiger partial charge in [0.15, 0.2) is 0 Å². The van der Waals surface area contributed by atoms with Crippen molar-refractivity contribution < 1.29 is 18.8 Å². The van der Waals surface area contributed by atoms with Crippen LogP contribution in [0.25, 0.3) is 11.0 Å². The Morgan fingerprint density at radius 2 is 1.54 bits per heavy atom. The standard InChI is InChI=1S/C30H32FN7O3/c1-37(2)41-25-17-19-18-32-29(36-26(19)38(25)24-5-3-4-6-24)35-23-13-11-22(12-14-23)34-28(40)30(15-16-30)27(39)33-21-9-7-20(31)8-10-21/h7-14,17-18,24H,3-6,15-16H2,1-2H3,(H,33,39)(H,34,40)(H,32,35,36). The van der Waals surface area contributed by atoms with Crippen LogP contribution in [0.15, 0.2) is 60.8 Å². The lowest BCUT2D eigenvalue weighted by Gasteiger charge is -2.19. The summed E-state index contributed by atoms with van der Waals surface area (Å²) in [6.45, 7) is 0. The number of halogens is 1. The normalized spacial score (nSPS) is 16.1. The van der Waals surface area contributed by atoms with E-state index in [-0.39, 0.29) is 5.91 Å². The van der Waals surface area contributed by atoms with E-state index in [4.69, 9.17) is 9.82 Å². The zero-order valence-corrected chi connectivity index (χ0v) is 23.0. The number of rotatable bonds is 9. The number of carbonyl (C=O) groups excluding carboxylic acids is 2. The first-order valence-electron chi connectivity index (χ1n) is 13.8. The maximum absolute atomic E-state index is 13.2. The summed E-state index contributed by atoms with van der Waals surface area (Å²) in [4.78, 5) is 41.1. The molecule has 0 unspecified atom stereocenters. The van der Waals surface area contributed by atoms with Crippen LogP contribution in [0.1, 0.15) is 44.6 Å². The van der Waals surface area contributed by atoms with Crippen molar-refractivity contribution in [3.05, 3.63) is 66.6 Å². The van der Waals surface area contributed by atoms with Crippen molar-refractivity contribution in [3.63, 3.8) is 0 Å². The fraction of sp³-hybridized carbons (Fsp3) is 0.333. The molecule has 3 N–H and O–H groups in total. The van der Waals surface area contributed by atoms with Gasteiger partial charge in [0.1, 0.15) is 16.9 Å². The second-order valence-electron chi connectivity index (χ2n) is 10.9. The van der Waals surface area contributed by atoms with Gasteiger partial charge >= 0.3 is 0 Å². The number of anilines is 4. The first kappa shape index (κ1) is 26.7. The number of aromatic nitrogens is 3. The lowest BCUT2D eigenvalue weighted by atomic mass is 10.0. The maximum atomic E-state index is 13.2. The molecular formula is C30H32FN7O3. The number of fused-ring (bicyclic) bond motifs is 1. The second-order valence-corrected chi connectivity index (χ2v) is 10.9. The molecule has 2 heterocycles. The van der Waals surface area contributed by atoms with Crippen molar-refractivity contribution in [2.45, 2.75) is 44.6 Å². The molecule has 11 heteroatoms. The minimum Gasteiger partial charge on any atom is -0.388 e. The number of nitrogens with zero attached hydrogens (tertiary/aromatic N) is 4. The van der Waals surface area contributed by atoms with E-state index in [2.05, 4.69) is 25.5 Å². The van der Waals surface area contributed by atoms with Gasteiger partial charge in [-0.05, 0) is 74.2 Å². The Hall–Kier alpha value is -4.51. The molecule has 2 saturated carbocycles. The Kier molecular flexibility index (Phi) is 7.04. The largest absolute Gasteiger partial charge is 0.388 e. The van der Waals surface area contributed by atoms with Crippen molar-refractivity contribution in [1.29, 1.82) is 0 Å². The maximum Gasteiger partial charge on any atom is 0.240 e. The van der Waals surface area contributed by atoms with Gasteiger partial charge in [0.2, 0.25) is 23.6 Å². The predicted octanol–water partition coefficient (Wildman–Crippen LogP) is 5.64. The summed E-state index contributed by atoms with van der Waals surface area (Å²) < 4.78 is 15.3. The van der Waals surface area contributed by atoms with Gasteiger partial charge < -0.3 is 20.8 Å². The van der Waals surface area contributed by atoms with Crippen molar-refractivity contribution in [3.8, 4) is 5.88 Å². The molecule has 2 aliphatic rings. The molecule has 0 atom stereocenters. The monoisotopic (exact) mass is 557 g/mol. The van der Waals surface area contributed by atoms with Gasteiger partial charge in [-0.25, -0.2) is 9.37 Å². The first-order chi connectivity index (χ1) is 19.8. The first-order valence-corrected chi connectivity index (χ1v) is 13.8. The predicted molar refractivity (Wildman–Crippen MR) is 154 cm³/mol. The van der Waals surface area contributed by atoms with Gasteiger partial charge in [-0.2, -0.15) is 4.98 Å². The molecule has 2 aromatic carbocycles. The molecule has 2 amide bonds. The van der Waals surface area contributed by atoms with E-state index in [1.165, 1.54) is 37.1 Å². The highest BCUT2D eigenvalue weighted by Crippen LogP contribution is 2.47. The molecule has 2 aliphatic carbocycles. The fourth-order valence-electron chi connectivity index (χ4n) is 5.30. The smallest absolute Gasteiger partial charge is 0.240 e. The summed E-state index contributed by atoms with van der Waals surface area (Å²) in [5.41, 5.74) is 1.46. The van der Waals surface area contributed by atoms with Crippen LogP contribution >= 0.6 is 0 Å². The highest BCUT2D eigenvalue weighted by molar-refractivity contribution is 6.16. The van der Waals surface area contributed by atoms with Crippen LogP contribution < -0.4 is 20.8 Å². The summed E-state index contributed by atoms with van der Waals surface area (Å²) in [7, 11) is 3.71. The fourth-order valence-corrected chi connectivity index (χ4v) is 5.30. The van der Waals surface area contributed by atoms with E-state index in [1.54, 1.807) is 23.4 Å². The molecule has 4 aromatic rings. The van der Waals surface area contributed by atoms with E-state index in [9.17, 15) is 14.0 Å². The molecule has 0 bridgehead atoms. The molecule has 6 rings (SSSR count). The number of carbonyl (C=O) groups is 2. The van der Waals surface area contributed by atoms with E-state index in [1.807, 2.05) is 32.3 Å². The number of nitrogens with one attached hydrogen (secondary N) is 3. The molecule has 212 valence electrons. The van der Waals surface area contributed by atoms with Crippen molar-refractivity contribution in [2.75, 3.05) is 30.0 Å². The van der Waals surface area contributed by atoms with Crippen LogP contribution in [0.5, 0.6) is 5.88 Å². The van der Waals surface area contributed by atoms with Gasteiger partial charge in [-0.3, -0.25) is 14.2 Å². The number of hydrogen-bond donors (Lipinski definition) is 3. The third-order valence-corrected chi connectivity index (χ3v) is 7.63. The average molecular weight is 558 g/mol. The van der Waals surface area contributed by atoms with E-state index in [0.717, 1.165) is 35.4 Å². The topological polar surface area (TPSA) is 113 Å². The zero-order chi connectivity index (χ0) is 28.6. The van der Waals surface area contributed by atoms with Crippen molar-refractivity contribution in [1.82, 2.24) is 19.6 Å². The molecule has 2 fully saturated rings. The number of benzene rings is 2. The van der Waals surface area contributed by atoms with Gasteiger partial charge in [-0.1, -0.05) is 12.8 Å². The van der Waals surface area contributed by atoms with Crippen LogP contribution in [-0.4, -0.2) is 45.5 Å². The Bertz CT molecular complexity index is 1570. The van der Waals surface area contributed by atoms with E-state index >= 15 is 0 Å². The number of hydroxylamine groups is 2. The Morgan fingerprint density at radius 3 is 2.12 bits per heavy atom. The lowest BCUT2D eigenvalue weighted by Crippen LogP contribution is -2.35.